The Morgan fingerprint density at radius 1 is 1.19 bits per heavy atom. The standard InChI is InChI=1S/C17H24O4/c1-13-3-4-16(18-2)14(11-13)12-19-15-5-7-17(8-6-15)20-9-10-21-17/h3-4,11,15H,5-10,12H2,1-2H3. The summed E-state index contributed by atoms with van der Waals surface area (Å²) in [5, 5.41) is 0. The van der Waals surface area contributed by atoms with Crippen LogP contribution in [0.25, 0.3) is 0 Å². The Kier molecular flexibility index (Phi) is 4.48. The first kappa shape index (κ1) is 14.8. The summed E-state index contributed by atoms with van der Waals surface area (Å²) in [6.07, 6.45) is 4.14. The molecule has 3 rings (SSSR count). The molecule has 0 aromatic heterocycles. The van der Waals surface area contributed by atoms with E-state index in [4.69, 9.17) is 18.9 Å². The molecule has 1 aliphatic carbocycles. The summed E-state index contributed by atoms with van der Waals surface area (Å²) in [5.41, 5.74) is 2.34. The van der Waals surface area contributed by atoms with Gasteiger partial charge in [0.15, 0.2) is 5.79 Å². The molecule has 1 aliphatic heterocycles. The van der Waals surface area contributed by atoms with Crippen molar-refractivity contribution in [2.24, 2.45) is 0 Å². The smallest absolute Gasteiger partial charge is 0.168 e. The summed E-state index contributed by atoms with van der Waals surface area (Å²) >= 11 is 0. The first-order valence-electron chi connectivity index (χ1n) is 7.74. The average molecular weight is 292 g/mol. The highest BCUT2D eigenvalue weighted by molar-refractivity contribution is 5.36. The van der Waals surface area contributed by atoms with E-state index >= 15 is 0 Å². The minimum Gasteiger partial charge on any atom is -0.496 e. The average Bonchev–Trinajstić information content (AvgIpc) is 2.95. The molecule has 1 saturated heterocycles. The summed E-state index contributed by atoms with van der Waals surface area (Å²) in [6, 6.07) is 6.19. The van der Waals surface area contributed by atoms with Gasteiger partial charge in [-0.25, -0.2) is 0 Å². The molecule has 21 heavy (non-hydrogen) atoms. The zero-order valence-corrected chi connectivity index (χ0v) is 12.9. The van der Waals surface area contributed by atoms with E-state index in [1.165, 1.54) is 5.56 Å². The van der Waals surface area contributed by atoms with Gasteiger partial charge in [0.1, 0.15) is 5.75 Å². The molecule has 1 spiro atoms. The van der Waals surface area contributed by atoms with Crippen LogP contribution in [0, 0.1) is 6.92 Å². The molecule has 0 amide bonds. The molecule has 0 unspecified atom stereocenters. The van der Waals surface area contributed by atoms with Crippen molar-refractivity contribution in [2.75, 3.05) is 20.3 Å². The SMILES string of the molecule is COc1ccc(C)cc1COC1CCC2(CC1)OCCO2. The molecule has 0 radical (unpaired) electrons. The lowest BCUT2D eigenvalue weighted by atomic mass is 9.92. The van der Waals surface area contributed by atoms with Crippen LogP contribution in [0.4, 0.5) is 0 Å². The first-order valence-corrected chi connectivity index (χ1v) is 7.74. The monoisotopic (exact) mass is 292 g/mol. The Morgan fingerprint density at radius 2 is 1.90 bits per heavy atom. The molecular formula is C17H24O4. The molecule has 1 aromatic rings. The third-order valence-electron chi connectivity index (χ3n) is 4.42. The largest absolute Gasteiger partial charge is 0.496 e. The Balaban J connectivity index is 1.53. The molecule has 1 heterocycles. The van der Waals surface area contributed by atoms with Crippen molar-refractivity contribution in [3.63, 3.8) is 0 Å². The van der Waals surface area contributed by atoms with Crippen LogP contribution in [0.15, 0.2) is 18.2 Å². The predicted molar refractivity (Wildman–Crippen MR) is 79.4 cm³/mol. The van der Waals surface area contributed by atoms with Crippen LogP contribution in [0.3, 0.4) is 0 Å². The second-order valence-corrected chi connectivity index (χ2v) is 5.93. The Morgan fingerprint density at radius 3 is 2.57 bits per heavy atom. The molecule has 1 saturated carbocycles. The summed E-state index contributed by atoms with van der Waals surface area (Å²) in [4.78, 5) is 0. The second-order valence-electron chi connectivity index (χ2n) is 5.93. The van der Waals surface area contributed by atoms with Crippen molar-refractivity contribution in [1.82, 2.24) is 0 Å². The van der Waals surface area contributed by atoms with E-state index in [2.05, 4.69) is 19.1 Å². The number of rotatable bonds is 4. The van der Waals surface area contributed by atoms with Gasteiger partial charge in [-0.05, 0) is 25.8 Å². The third kappa shape index (κ3) is 3.39. The maximum atomic E-state index is 6.08. The van der Waals surface area contributed by atoms with Crippen LogP contribution in [0.2, 0.25) is 0 Å². The minimum absolute atomic E-state index is 0.286. The highest BCUT2D eigenvalue weighted by Crippen LogP contribution is 2.37. The molecule has 0 bridgehead atoms. The number of ether oxygens (including phenoxy) is 4. The minimum atomic E-state index is -0.305. The number of benzene rings is 1. The molecule has 4 heteroatoms. The van der Waals surface area contributed by atoms with E-state index in [1.807, 2.05) is 6.07 Å². The topological polar surface area (TPSA) is 36.9 Å². The lowest BCUT2D eigenvalue weighted by Crippen LogP contribution is -2.37. The van der Waals surface area contributed by atoms with Crippen LogP contribution in [-0.2, 0) is 20.8 Å². The fourth-order valence-electron chi connectivity index (χ4n) is 3.21. The van der Waals surface area contributed by atoms with Crippen LogP contribution in [0.5, 0.6) is 5.75 Å². The number of aryl methyl sites for hydroxylation is 1. The molecule has 0 atom stereocenters. The van der Waals surface area contributed by atoms with Gasteiger partial charge in [0.05, 0.1) is 33.0 Å². The summed E-state index contributed by atoms with van der Waals surface area (Å²) in [7, 11) is 1.70. The van der Waals surface area contributed by atoms with Crippen molar-refractivity contribution in [3.05, 3.63) is 29.3 Å². The fourth-order valence-corrected chi connectivity index (χ4v) is 3.21. The van der Waals surface area contributed by atoms with Crippen molar-refractivity contribution < 1.29 is 18.9 Å². The Labute approximate surface area is 126 Å². The zero-order chi connectivity index (χ0) is 14.7. The van der Waals surface area contributed by atoms with Crippen LogP contribution >= 0.6 is 0 Å². The first-order chi connectivity index (χ1) is 10.2. The molecule has 116 valence electrons. The predicted octanol–water partition coefficient (Wildman–Crippen LogP) is 3.21. The molecule has 4 nitrogen and oxygen atoms in total. The molecule has 2 aliphatic rings. The van der Waals surface area contributed by atoms with Crippen LogP contribution in [-0.4, -0.2) is 32.2 Å². The molecular weight excluding hydrogens is 268 g/mol. The van der Waals surface area contributed by atoms with Gasteiger partial charge in [0.2, 0.25) is 0 Å². The molecule has 2 fully saturated rings. The van der Waals surface area contributed by atoms with Gasteiger partial charge in [0, 0.05) is 18.4 Å². The van der Waals surface area contributed by atoms with Gasteiger partial charge >= 0.3 is 0 Å². The summed E-state index contributed by atoms with van der Waals surface area (Å²) in [5.74, 6) is 0.594. The Bertz CT molecular complexity index is 470. The van der Waals surface area contributed by atoms with Gasteiger partial charge < -0.3 is 18.9 Å². The number of methoxy groups -OCH3 is 1. The van der Waals surface area contributed by atoms with E-state index in [0.717, 1.165) is 50.2 Å². The molecule has 1 aromatic carbocycles. The lowest BCUT2D eigenvalue weighted by molar-refractivity contribution is -0.192. The number of hydrogen-bond acceptors (Lipinski definition) is 4. The number of hydrogen-bond donors (Lipinski definition) is 0. The van der Waals surface area contributed by atoms with Crippen molar-refractivity contribution >= 4 is 0 Å². The van der Waals surface area contributed by atoms with E-state index in [9.17, 15) is 0 Å². The van der Waals surface area contributed by atoms with Crippen molar-refractivity contribution in [3.8, 4) is 5.75 Å². The Hall–Kier alpha value is -1.10. The van der Waals surface area contributed by atoms with E-state index in [0.29, 0.717) is 6.61 Å². The second kappa shape index (κ2) is 6.34. The van der Waals surface area contributed by atoms with Gasteiger partial charge in [-0.2, -0.15) is 0 Å². The van der Waals surface area contributed by atoms with E-state index in [1.54, 1.807) is 7.11 Å². The van der Waals surface area contributed by atoms with Crippen molar-refractivity contribution in [1.29, 1.82) is 0 Å². The van der Waals surface area contributed by atoms with E-state index in [-0.39, 0.29) is 11.9 Å². The van der Waals surface area contributed by atoms with Gasteiger partial charge in [-0.15, -0.1) is 0 Å². The van der Waals surface area contributed by atoms with Gasteiger partial charge in [-0.1, -0.05) is 17.7 Å². The van der Waals surface area contributed by atoms with Gasteiger partial charge in [0.25, 0.3) is 0 Å². The maximum absolute atomic E-state index is 6.08. The zero-order valence-electron chi connectivity index (χ0n) is 12.9. The summed E-state index contributed by atoms with van der Waals surface area (Å²) in [6.45, 7) is 4.14. The highest BCUT2D eigenvalue weighted by Gasteiger charge is 2.40. The normalized spacial score (nSPS) is 21.8. The van der Waals surface area contributed by atoms with Crippen LogP contribution in [0.1, 0.15) is 36.8 Å². The fraction of sp³-hybridized carbons (Fsp3) is 0.647. The van der Waals surface area contributed by atoms with Crippen LogP contribution < -0.4 is 4.74 Å². The quantitative estimate of drug-likeness (QED) is 0.854. The third-order valence-corrected chi connectivity index (χ3v) is 4.42. The lowest BCUT2D eigenvalue weighted by Gasteiger charge is -2.35. The highest BCUT2D eigenvalue weighted by atomic mass is 16.7. The van der Waals surface area contributed by atoms with Crippen molar-refractivity contribution in [2.45, 2.75) is 51.1 Å². The summed E-state index contributed by atoms with van der Waals surface area (Å²) < 4.78 is 23.0. The van der Waals surface area contributed by atoms with E-state index < -0.39 is 0 Å². The maximum Gasteiger partial charge on any atom is 0.168 e. The van der Waals surface area contributed by atoms with Gasteiger partial charge in [-0.3, -0.25) is 0 Å². The molecule has 0 N–H and O–H groups in total.